The van der Waals surface area contributed by atoms with Crippen molar-refractivity contribution < 1.29 is 14.3 Å². The van der Waals surface area contributed by atoms with E-state index in [4.69, 9.17) is 9.84 Å². The third-order valence-corrected chi connectivity index (χ3v) is 7.78. The molecule has 0 saturated carbocycles. The first kappa shape index (κ1) is 33.3. The molecule has 3 aromatic rings. The van der Waals surface area contributed by atoms with Crippen LogP contribution in [0.15, 0.2) is 42.6 Å². The zero-order chi connectivity index (χ0) is 30.6. The summed E-state index contributed by atoms with van der Waals surface area (Å²) >= 11 is 0. The van der Waals surface area contributed by atoms with Gasteiger partial charge in [-0.25, -0.2) is 9.31 Å². The largest absolute Gasteiger partial charge is 0.465 e. The van der Waals surface area contributed by atoms with Gasteiger partial charge in [0, 0.05) is 36.0 Å². The fourth-order valence-corrected chi connectivity index (χ4v) is 5.36. The number of benzene rings is 1. The van der Waals surface area contributed by atoms with Crippen molar-refractivity contribution in [3.05, 3.63) is 59.3 Å². The molecular weight excluding hydrogens is 524 g/mol. The average molecular weight is 577 g/mol. The molecule has 1 amide bonds. The molecule has 230 valence electrons. The summed E-state index contributed by atoms with van der Waals surface area (Å²) in [7, 11) is 1.39. The second-order valence-electron chi connectivity index (χ2n) is 12.2. The highest BCUT2D eigenvalue weighted by Gasteiger charge is 2.21. The van der Waals surface area contributed by atoms with Crippen molar-refractivity contribution in [1.29, 1.82) is 0 Å². The van der Waals surface area contributed by atoms with Crippen LogP contribution in [0.1, 0.15) is 99.9 Å². The van der Waals surface area contributed by atoms with E-state index in [9.17, 15) is 9.59 Å². The molecule has 0 aliphatic rings. The van der Waals surface area contributed by atoms with E-state index >= 15 is 0 Å². The molecule has 0 saturated heterocycles. The lowest BCUT2D eigenvalue weighted by Gasteiger charge is -2.24. The number of aromatic nitrogens is 2. The number of nitrogens with zero attached hydrogens (tertiary/aromatic N) is 4. The van der Waals surface area contributed by atoms with Crippen LogP contribution in [-0.2, 0) is 11.2 Å². The molecule has 3 rings (SSSR count). The molecule has 0 atom stereocenters. The maximum atomic E-state index is 13.8. The smallest absolute Gasteiger partial charge is 0.337 e. The number of carbonyl (C=O) groups excluding carboxylic acids is 2. The summed E-state index contributed by atoms with van der Waals surface area (Å²) < 4.78 is 6.79. The Kier molecular flexibility index (Phi) is 13.0. The molecule has 0 fully saturated rings. The standard InChI is InChI=1S/C35H52N4O3/c1-8-19-37(20-9-2)21-10-11-31-32-25-30(34(40)38(22-16-26(3)4)23-17-27(5)6)18-24-39(32)36-33(31)28-12-14-29(15-13-28)35(41)42-7/h12-15,18,24-27H,8-11,16-17,19-23H2,1-7H3. The number of fused-ring (bicyclic) bond motifs is 1. The Hall–Kier alpha value is -3.19. The van der Waals surface area contributed by atoms with Gasteiger partial charge in [-0.15, -0.1) is 0 Å². The molecule has 0 aliphatic carbocycles. The van der Waals surface area contributed by atoms with Gasteiger partial charge in [0.2, 0.25) is 0 Å². The van der Waals surface area contributed by atoms with Gasteiger partial charge in [-0.3, -0.25) is 4.79 Å². The Morgan fingerprint density at radius 1 is 0.857 bits per heavy atom. The van der Waals surface area contributed by atoms with Crippen molar-refractivity contribution in [2.75, 3.05) is 39.8 Å². The van der Waals surface area contributed by atoms with Gasteiger partial charge in [0.15, 0.2) is 0 Å². The van der Waals surface area contributed by atoms with Gasteiger partial charge >= 0.3 is 5.97 Å². The number of hydrogen-bond donors (Lipinski definition) is 0. The van der Waals surface area contributed by atoms with E-state index < -0.39 is 0 Å². The Bertz CT molecular complexity index is 1260. The fourth-order valence-electron chi connectivity index (χ4n) is 5.36. The molecule has 42 heavy (non-hydrogen) atoms. The molecule has 7 heteroatoms. The molecule has 0 aliphatic heterocycles. The highest BCUT2D eigenvalue weighted by molar-refractivity contribution is 5.96. The molecule has 0 unspecified atom stereocenters. The van der Waals surface area contributed by atoms with Crippen molar-refractivity contribution in [2.24, 2.45) is 11.8 Å². The highest BCUT2D eigenvalue weighted by atomic mass is 16.5. The van der Waals surface area contributed by atoms with Crippen LogP contribution >= 0.6 is 0 Å². The number of aryl methyl sites for hydroxylation is 1. The Labute approximate surface area is 253 Å². The average Bonchev–Trinajstić information content (AvgIpc) is 3.34. The number of rotatable bonds is 17. The summed E-state index contributed by atoms with van der Waals surface area (Å²) in [4.78, 5) is 30.4. The van der Waals surface area contributed by atoms with Crippen LogP contribution in [0.2, 0.25) is 0 Å². The van der Waals surface area contributed by atoms with Gasteiger partial charge in [0.05, 0.1) is 23.9 Å². The predicted octanol–water partition coefficient (Wildman–Crippen LogP) is 7.38. The van der Waals surface area contributed by atoms with Crippen LogP contribution in [-0.4, -0.2) is 71.1 Å². The molecule has 0 spiro atoms. The fraction of sp³-hybridized carbons (Fsp3) is 0.571. The minimum Gasteiger partial charge on any atom is -0.465 e. The number of hydrogen-bond acceptors (Lipinski definition) is 5. The van der Waals surface area contributed by atoms with Gasteiger partial charge in [-0.2, -0.15) is 5.10 Å². The zero-order valence-corrected chi connectivity index (χ0v) is 27.0. The number of esters is 1. The van der Waals surface area contributed by atoms with Crippen LogP contribution in [0.4, 0.5) is 0 Å². The molecule has 0 bridgehead atoms. The Balaban J connectivity index is 1.99. The zero-order valence-electron chi connectivity index (χ0n) is 27.0. The summed E-state index contributed by atoms with van der Waals surface area (Å²) in [6.45, 7) is 18.0. The molecule has 2 heterocycles. The molecule has 2 aromatic heterocycles. The predicted molar refractivity (Wildman–Crippen MR) is 172 cm³/mol. The summed E-state index contributed by atoms with van der Waals surface area (Å²) in [5, 5.41) is 4.97. The van der Waals surface area contributed by atoms with Crippen LogP contribution in [0, 0.1) is 11.8 Å². The molecule has 7 nitrogen and oxygen atoms in total. The van der Waals surface area contributed by atoms with Crippen molar-refractivity contribution in [3.8, 4) is 11.3 Å². The SMILES string of the molecule is CCCN(CCC)CCCc1c(-c2ccc(C(=O)OC)cc2)nn2ccc(C(=O)N(CCC(C)C)CCC(C)C)cc12. The molecule has 0 radical (unpaired) electrons. The lowest BCUT2D eigenvalue weighted by Crippen LogP contribution is -2.34. The molecule has 0 N–H and O–H groups in total. The minimum absolute atomic E-state index is 0.0898. The maximum absolute atomic E-state index is 13.8. The number of amides is 1. The highest BCUT2D eigenvalue weighted by Crippen LogP contribution is 2.29. The first-order valence-corrected chi connectivity index (χ1v) is 15.9. The van der Waals surface area contributed by atoms with E-state index in [0.29, 0.717) is 23.0 Å². The van der Waals surface area contributed by atoms with Gasteiger partial charge < -0.3 is 14.5 Å². The first-order chi connectivity index (χ1) is 20.2. The van der Waals surface area contributed by atoms with Crippen LogP contribution in [0.5, 0.6) is 0 Å². The van der Waals surface area contributed by atoms with Gasteiger partial charge in [0.1, 0.15) is 0 Å². The van der Waals surface area contributed by atoms with Crippen molar-refractivity contribution in [3.63, 3.8) is 0 Å². The summed E-state index contributed by atoms with van der Waals surface area (Å²) in [6.07, 6.45) is 8.03. The van der Waals surface area contributed by atoms with Crippen LogP contribution in [0.25, 0.3) is 16.8 Å². The Morgan fingerprint density at radius 2 is 1.48 bits per heavy atom. The Morgan fingerprint density at radius 3 is 2.02 bits per heavy atom. The van der Waals surface area contributed by atoms with Crippen molar-refractivity contribution in [2.45, 2.75) is 80.1 Å². The van der Waals surface area contributed by atoms with Gasteiger partial charge in [-0.1, -0.05) is 53.7 Å². The summed E-state index contributed by atoms with van der Waals surface area (Å²) in [6, 6.07) is 11.4. The van der Waals surface area contributed by atoms with E-state index in [1.54, 1.807) is 12.1 Å². The third kappa shape index (κ3) is 9.15. The van der Waals surface area contributed by atoms with Crippen molar-refractivity contribution >= 4 is 17.4 Å². The second kappa shape index (κ2) is 16.4. The summed E-state index contributed by atoms with van der Waals surface area (Å²) in [5.74, 6) is 0.811. The van der Waals surface area contributed by atoms with E-state index in [-0.39, 0.29) is 11.9 Å². The van der Waals surface area contributed by atoms with Gasteiger partial charge in [0.25, 0.3) is 5.91 Å². The molecule has 1 aromatic carbocycles. The number of ether oxygens (including phenoxy) is 1. The van der Waals surface area contributed by atoms with E-state index in [0.717, 1.165) is 93.6 Å². The van der Waals surface area contributed by atoms with E-state index in [2.05, 4.69) is 46.4 Å². The second-order valence-corrected chi connectivity index (χ2v) is 12.2. The normalized spacial score (nSPS) is 11.7. The first-order valence-electron chi connectivity index (χ1n) is 15.9. The van der Waals surface area contributed by atoms with Crippen molar-refractivity contribution in [1.82, 2.24) is 19.4 Å². The van der Waals surface area contributed by atoms with Crippen LogP contribution in [0.3, 0.4) is 0 Å². The quantitative estimate of drug-likeness (QED) is 0.157. The van der Waals surface area contributed by atoms with Crippen LogP contribution < -0.4 is 0 Å². The topological polar surface area (TPSA) is 67.2 Å². The summed E-state index contributed by atoms with van der Waals surface area (Å²) in [5.41, 5.74) is 5.17. The van der Waals surface area contributed by atoms with Gasteiger partial charge in [-0.05, 0) is 94.3 Å². The number of carbonyl (C=O) groups is 2. The monoisotopic (exact) mass is 576 g/mol. The van der Waals surface area contributed by atoms with E-state index in [1.165, 1.54) is 7.11 Å². The number of methoxy groups -OCH3 is 1. The molecular formula is C35H52N4O3. The number of pyridine rings is 1. The van der Waals surface area contributed by atoms with E-state index in [1.807, 2.05) is 39.9 Å². The minimum atomic E-state index is -0.355. The third-order valence-electron chi connectivity index (χ3n) is 7.78. The lowest BCUT2D eigenvalue weighted by atomic mass is 10.0. The maximum Gasteiger partial charge on any atom is 0.337 e. The lowest BCUT2D eigenvalue weighted by molar-refractivity contribution is 0.0600.